The SMILES string of the molecule is [Si]C12CC3CC(CC(C3)C1)C2. The van der Waals surface area contributed by atoms with Crippen LogP contribution >= 0.6 is 0 Å². The van der Waals surface area contributed by atoms with E-state index in [1.807, 2.05) is 0 Å². The van der Waals surface area contributed by atoms with Gasteiger partial charge in [-0.2, -0.15) is 0 Å². The molecule has 1 heteroatoms. The summed E-state index contributed by atoms with van der Waals surface area (Å²) >= 11 is 0. The van der Waals surface area contributed by atoms with Crippen molar-refractivity contribution in [2.75, 3.05) is 0 Å². The molecule has 0 nitrogen and oxygen atoms in total. The summed E-state index contributed by atoms with van der Waals surface area (Å²) in [6.45, 7) is 0. The van der Waals surface area contributed by atoms with E-state index in [2.05, 4.69) is 10.2 Å². The Morgan fingerprint density at radius 2 is 1.18 bits per heavy atom. The maximum Gasteiger partial charge on any atom is 0.0313 e. The summed E-state index contributed by atoms with van der Waals surface area (Å²) < 4.78 is 0. The summed E-state index contributed by atoms with van der Waals surface area (Å²) in [7, 11) is 4.01. The Labute approximate surface area is 72.2 Å². The first-order valence-corrected chi connectivity index (χ1v) is 5.48. The topological polar surface area (TPSA) is 0 Å². The molecule has 0 amide bonds. The highest BCUT2D eigenvalue weighted by molar-refractivity contribution is 6.15. The van der Waals surface area contributed by atoms with Crippen molar-refractivity contribution in [1.82, 2.24) is 0 Å². The van der Waals surface area contributed by atoms with Crippen molar-refractivity contribution in [3.05, 3.63) is 0 Å². The van der Waals surface area contributed by atoms with E-state index in [-0.39, 0.29) is 0 Å². The number of rotatable bonds is 0. The van der Waals surface area contributed by atoms with E-state index >= 15 is 0 Å². The lowest BCUT2D eigenvalue weighted by Gasteiger charge is -2.55. The Morgan fingerprint density at radius 3 is 1.45 bits per heavy atom. The molecule has 0 aromatic heterocycles. The third-order valence-corrected chi connectivity index (χ3v) is 4.65. The van der Waals surface area contributed by atoms with Crippen molar-refractivity contribution in [2.24, 2.45) is 17.8 Å². The van der Waals surface area contributed by atoms with Crippen LogP contribution in [-0.2, 0) is 0 Å². The second-order valence-corrected chi connectivity index (χ2v) is 6.26. The molecule has 0 heterocycles. The van der Waals surface area contributed by atoms with Gasteiger partial charge in [-0.15, -0.1) is 0 Å². The Bertz CT molecular complexity index is 150. The quantitative estimate of drug-likeness (QED) is 0.481. The molecule has 4 rings (SSSR count). The van der Waals surface area contributed by atoms with Crippen LogP contribution < -0.4 is 0 Å². The molecule has 0 aromatic rings. The summed E-state index contributed by atoms with van der Waals surface area (Å²) in [5.74, 6) is 3.29. The normalized spacial score (nSPS) is 60.3. The summed E-state index contributed by atoms with van der Waals surface area (Å²) in [5, 5.41) is 0.606. The minimum Gasteiger partial charge on any atom is -0.0478 e. The highest BCUT2D eigenvalue weighted by Gasteiger charge is 2.48. The van der Waals surface area contributed by atoms with Gasteiger partial charge in [-0.1, -0.05) is 0 Å². The molecule has 0 N–H and O–H groups in total. The monoisotopic (exact) mass is 163 g/mol. The molecule has 4 fully saturated rings. The molecular weight excluding hydrogens is 148 g/mol. The molecule has 11 heavy (non-hydrogen) atoms. The van der Waals surface area contributed by atoms with Crippen molar-refractivity contribution in [3.63, 3.8) is 0 Å². The molecule has 0 spiro atoms. The zero-order valence-electron chi connectivity index (χ0n) is 6.97. The van der Waals surface area contributed by atoms with E-state index in [9.17, 15) is 0 Å². The first-order valence-electron chi connectivity index (χ1n) is 4.98. The van der Waals surface area contributed by atoms with Crippen molar-refractivity contribution in [3.8, 4) is 0 Å². The average molecular weight is 163 g/mol. The lowest BCUT2D eigenvalue weighted by atomic mass is 9.56. The van der Waals surface area contributed by atoms with Crippen molar-refractivity contribution in [2.45, 2.75) is 43.6 Å². The molecule has 59 valence electrons. The van der Waals surface area contributed by atoms with Crippen LogP contribution in [0.4, 0.5) is 0 Å². The first-order chi connectivity index (χ1) is 5.23. The fourth-order valence-electron chi connectivity index (χ4n) is 4.11. The molecule has 4 aliphatic carbocycles. The highest BCUT2D eigenvalue weighted by Crippen LogP contribution is 2.62. The molecule has 4 bridgehead atoms. The highest BCUT2D eigenvalue weighted by atomic mass is 28.1. The van der Waals surface area contributed by atoms with Crippen LogP contribution in [0.1, 0.15) is 38.5 Å². The van der Waals surface area contributed by atoms with Crippen LogP contribution in [0.3, 0.4) is 0 Å². The molecule has 0 aliphatic heterocycles. The van der Waals surface area contributed by atoms with Gasteiger partial charge in [0.1, 0.15) is 0 Å². The van der Waals surface area contributed by atoms with Gasteiger partial charge in [0, 0.05) is 10.2 Å². The largest absolute Gasteiger partial charge is 0.0478 e. The van der Waals surface area contributed by atoms with Crippen molar-refractivity contribution >= 4 is 10.2 Å². The van der Waals surface area contributed by atoms with Gasteiger partial charge in [0.2, 0.25) is 0 Å². The molecule has 0 saturated heterocycles. The number of hydrogen-bond acceptors (Lipinski definition) is 0. The van der Waals surface area contributed by atoms with Crippen LogP contribution in [0.5, 0.6) is 0 Å². The maximum atomic E-state index is 4.01. The molecular formula is C10H15Si. The van der Waals surface area contributed by atoms with E-state index in [1.165, 1.54) is 19.3 Å². The second-order valence-electron chi connectivity index (χ2n) is 5.20. The Hall–Kier alpha value is 0.217. The van der Waals surface area contributed by atoms with E-state index < -0.39 is 0 Å². The summed E-state index contributed by atoms with van der Waals surface area (Å²) in [6.07, 6.45) is 9.12. The van der Waals surface area contributed by atoms with Gasteiger partial charge in [-0.25, -0.2) is 0 Å². The van der Waals surface area contributed by atoms with Gasteiger partial charge < -0.3 is 0 Å². The third kappa shape index (κ3) is 0.931. The van der Waals surface area contributed by atoms with Gasteiger partial charge in [0.05, 0.1) is 0 Å². The van der Waals surface area contributed by atoms with E-state index in [0.717, 1.165) is 17.8 Å². The van der Waals surface area contributed by atoms with Crippen molar-refractivity contribution < 1.29 is 0 Å². The van der Waals surface area contributed by atoms with Crippen LogP contribution in [-0.4, -0.2) is 10.2 Å². The zero-order valence-corrected chi connectivity index (χ0v) is 7.97. The molecule has 4 saturated carbocycles. The first kappa shape index (κ1) is 6.70. The Kier molecular flexibility index (Phi) is 1.17. The standard InChI is InChI=1S/C10H15Si/c11-10-4-7-1-8(5-10)3-9(2-7)6-10/h7-9H,1-6H2. The zero-order chi connectivity index (χ0) is 7.47. The molecule has 3 radical (unpaired) electrons. The predicted octanol–water partition coefficient (Wildman–Crippen LogP) is 2.54. The molecule has 4 aliphatic rings. The summed E-state index contributed by atoms with van der Waals surface area (Å²) in [6, 6.07) is 0. The Morgan fingerprint density at radius 1 is 0.818 bits per heavy atom. The van der Waals surface area contributed by atoms with Gasteiger partial charge in [-0.3, -0.25) is 0 Å². The van der Waals surface area contributed by atoms with Crippen LogP contribution in [0.15, 0.2) is 0 Å². The molecule has 0 unspecified atom stereocenters. The van der Waals surface area contributed by atoms with Crippen LogP contribution in [0.25, 0.3) is 0 Å². The maximum absolute atomic E-state index is 4.01. The lowest BCUT2D eigenvalue weighted by molar-refractivity contribution is 0.0303. The Balaban J connectivity index is 1.94. The second kappa shape index (κ2) is 1.93. The fourth-order valence-corrected chi connectivity index (χ4v) is 4.98. The van der Waals surface area contributed by atoms with E-state index in [1.54, 1.807) is 19.3 Å². The van der Waals surface area contributed by atoms with Gasteiger partial charge in [0.15, 0.2) is 0 Å². The fraction of sp³-hybridized carbons (Fsp3) is 1.00. The molecule has 0 aromatic carbocycles. The smallest absolute Gasteiger partial charge is 0.0313 e. The third-order valence-electron chi connectivity index (χ3n) is 4.04. The van der Waals surface area contributed by atoms with Gasteiger partial charge >= 0.3 is 0 Å². The van der Waals surface area contributed by atoms with Crippen molar-refractivity contribution in [1.29, 1.82) is 0 Å². The van der Waals surface area contributed by atoms with E-state index in [0.29, 0.717) is 5.04 Å². The molecule has 0 atom stereocenters. The lowest BCUT2D eigenvalue weighted by Crippen LogP contribution is -2.42. The number of hydrogen-bond donors (Lipinski definition) is 0. The van der Waals surface area contributed by atoms with Gasteiger partial charge in [0.25, 0.3) is 0 Å². The van der Waals surface area contributed by atoms with E-state index in [4.69, 9.17) is 0 Å². The summed E-state index contributed by atoms with van der Waals surface area (Å²) in [4.78, 5) is 0. The van der Waals surface area contributed by atoms with Crippen LogP contribution in [0.2, 0.25) is 5.04 Å². The van der Waals surface area contributed by atoms with Crippen LogP contribution in [0, 0.1) is 17.8 Å². The predicted molar refractivity (Wildman–Crippen MR) is 46.6 cm³/mol. The summed E-state index contributed by atoms with van der Waals surface area (Å²) in [5.41, 5.74) is 0. The minimum atomic E-state index is 0.606. The average Bonchev–Trinajstić information content (AvgIpc) is 1.79. The minimum absolute atomic E-state index is 0.606. The van der Waals surface area contributed by atoms with Gasteiger partial charge in [-0.05, 0) is 61.3 Å².